The minimum Gasteiger partial charge on any atom is -0.399 e. The molecule has 5 nitrogen and oxygen atoms in total. The first kappa shape index (κ1) is 12.8. The van der Waals surface area contributed by atoms with Crippen LogP contribution in [0, 0.1) is 5.82 Å². The van der Waals surface area contributed by atoms with Crippen LogP contribution in [0.4, 0.5) is 15.8 Å². The van der Waals surface area contributed by atoms with Crippen LogP contribution >= 0.6 is 0 Å². The molecule has 0 aliphatic carbocycles. The lowest BCUT2D eigenvalue weighted by atomic mass is 10.2. The number of rotatable bonds is 3. The molecule has 1 amide bonds. The van der Waals surface area contributed by atoms with Crippen LogP contribution in [0.2, 0.25) is 0 Å². The molecule has 1 aliphatic rings. The van der Waals surface area contributed by atoms with E-state index in [-0.39, 0.29) is 18.1 Å². The minimum absolute atomic E-state index is 0.119. The van der Waals surface area contributed by atoms with Gasteiger partial charge in [-0.05, 0) is 18.2 Å². The zero-order valence-electron chi connectivity index (χ0n) is 9.99. The van der Waals surface area contributed by atoms with E-state index in [9.17, 15) is 9.18 Å². The average molecular weight is 253 g/mol. The van der Waals surface area contributed by atoms with E-state index < -0.39 is 5.82 Å². The summed E-state index contributed by atoms with van der Waals surface area (Å²) in [6, 6.07) is 4.10. The van der Waals surface area contributed by atoms with E-state index >= 15 is 0 Å². The summed E-state index contributed by atoms with van der Waals surface area (Å²) in [5.41, 5.74) is 6.08. The van der Waals surface area contributed by atoms with E-state index in [2.05, 4.69) is 5.32 Å². The molecule has 0 aromatic heterocycles. The van der Waals surface area contributed by atoms with Crippen molar-refractivity contribution >= 4 is 17.3 Å². The lowest BCUT2D eigenvalue weighted by Gasteiger charge is -2.25. The van der Waals surface area contributed by atoms with Crippen LogP contribution in [0.15, 0.2) is 18.2 Å². The highest BCUT2D eigenvalue weighted by Crippen LogP contribution is 2.17. The van der Waals surface area contributed by atoms with Crippen molar-refractivity contribution in [3.8, 4) is 0 Å². The Labute approximate surface area is 105 Å². The van der Waals surface area contributed by atoms with Gasteiger partial charge in [0.1, 0.15) is 5.82 Å². The average Bonchev–Trinajstić information content (AvgIpc) is 2.35. The lowest BCUT2D eigenvalue weighted by molar-refractivity contribution is -0.118. The van der Waals surface area contributed by atoms with E-state index in [1.54, 1.807) is 0 Å². The first-order chi connectivity index (χ1) is 8.65. The fourth-order valence-corrected chi connectivity index (χ4v) is 1.79. The number of amides is 1. The van der Waals surface area contributed by atoms with Gasteiger partial charge in [0, 0.05) is 18.8 Å². The third-order valence-corrected chi connectivity index (χ3v) is 2.74. The molecule has 0 spiro atoms. The lowest BCUT2D eigenvalue weighted by Crippen LogP contribution is -2.41. The summed E-state index contributed by atoms with van der Waals surface area (Å²) in [4.78, 5) is 13.7. The molecule has 1 heterocycles. The van der Waals surface area contributed by atoms with Gasteiger partial charge in [0.2, 0.25) is 5.91 Å². The van der Waals surface area contributed by atoms with Crippen LogP contribution in [0.1, 0.15) is 0 Å². The number of hydrogen-bond donors (Lipinski definition) is 2. The van der Waals surface area contributed by atoms with Crippen molar-refractivity contribution < 1.29 is 13.9 Å². The molecule has 1 aliphatic heterocycles. The maximum atomic E-state index is 13.4. The molecule has 0 unspecified atom stereocenters. The second kappa shape index (κ2) is 5.79. The topological polar surface area (TPSA) is 67.6 Å². The van der Waals surface area contributed by atoms with Gasteiger partial charge in [-0.25, -0.2) is 4.39 Å². The molecule has 6 heteroatoms. The molecule has 0 atom stereocenters. The summed E-state index contributed by atoms with van der Waals surface area (Å²) in [7, 11) is 0. The van der Waals surface area contributed by atoms with Crippen molar-refractivity contribution in [3.63, 3.8) is 0 Å². The third-order valence-electron chi connectivity index (χ3n) is 2.74. The number of carbonyl (C=O) groups excluding carboxylic acids is 1. The highest BCUT2D eigenvalue weighted by atomic mass is 19.1. The summed E-state index contributed by atoms with van der Waals surface area (Å²) in [5.74, 6) is -0.735. The van der Waals surface area contributed by atoms with Crippen molar-refractivity contribution in [3.05, 3.63) is 24.0 Å². The number of nitrogens with zero attached hydrogens (tertiary/aromatic N) is 1. The summed E-state index contributed by atoms with van der Waals surface area (Å²) in [6.45, 7) is 2.91. The van der Waals surface area contributed by atoms with E-state index in [1.807, 2.05) is 4.90 Å². The highest BCUT2D eigenvalue weighted by molar-refractivity contribution is 5.92. The summed E-state index contributed by atoms with van der Waals surface area (Å²) >= 11 is 0. The first-order valence-corrected chi connectivity index (χ1v) is 5.80. The van der Waals surface area contributed by atoms with Gasteiger partial charge in [0.15, 0.2) is 0 Å². The smallest absolute Gasteiger partial charge is 0.238 e. The fraction of sp³-hybridized carbons (Fsp3) is 0.417. The molecule has 1 aromatic carbocycles. The molecule has 1 aromatic rings. The molecule has 1 saturated heterocycles. The number of nitrogens with one attached hydrogen (secondary N) is 1. The van der Waals surface area contributed by atoms with Crippen molar-refractivity contribution in [1.82, 2.24) is 4.90 Å². The van der Waals surface area contributed by atoms with Gasteiger partial charge in [-0.2, -0.15) is 0 Å². The van der Waals surface area contributed by atoms with Gasteiger partial charge in [-0.3, -0.25) is 9.69 Å². The number of benzene rings is 1. The van der Waals surface area contributed by atoms with Crippen LogP contribution in [-0.4, -0.2) is 43.7 Å². The normalized spacial score (nSPS) is 16.5. The van der Waals surface area contributed by atoms with Gasteiger partial charge in [0.25, 0.3) is 0 Å². The second-order valence-electron chi connectivity index (χ2n) is 4.18. The van der Waals surface area contributed by atoms with Gasteiger partial charge in [-0.15, -0.1) is 0 Å². The standard InChI is InChI=1S/C12H16FN3O2/c13-10-2-1-9(14)7-11(10)15-12(17)8-16-3-5-18-6-4-16/h1-2,7H,3-6,8,14H2,(H,15,17). The molecule has 1 fully saturated rings. The molecular formula is C12H16FN3O2. The van der Waals surface area contributed by atoms with Crippen LogP contribution in [0.5, 0.6) is 0 Å². The van der Waals surface area contributed by atoms with Gasteiger partial charge in [0.05, 0.1) is 25.4 Å². The number of halogens is 1. The predicted octanol–water partition coefficient (Wildman–Crippen LogP) is 0.679. The number of nitrogens with two attached hydrogens (primary N) is 1. The minimum atomic E-state index is -0.487. The Kier molecular flexibility index (Phi) is 4.11. The Morgan fingerprint density at radius 2 is 2.17 bits per heavy atom. The van der Waals surface area contributed by atoms with E-state index in [1.165, 1.54) is 18.2 Å². The zero-order valence-corrected chi connectivity index (χ0v) is 9.99. The van der Waals surface area contributed by atoms with Gasteiger partial charge >= 0.3 is 0 Å². The molecule has 18 heavy (non-hydrogen) atoms. The molecular weight excluding hydrogens is 237 g/mol. The Morgan fingerprint density at radius 1 is 1.44 bits per heavy atom. The summed E-state index contributed by atoms with van der Waals surface area (Å²) in [5, 5.41) is 2.52. The Morgan fingerprint density at radius 3 is 2.89 bits per heavy atom. The van der Waals surface area contributed by atoms with Crippen LogP contribution in [-0.2, 0) is 9.53 Å². The van der Waals surface area contributed by atoms with Crippen LogP contribution in [0.3, 0.4) is 0 Å². The Bertz CT molecular complexity index is 433. The third kappa shape index (κ3) is 3.41. The summed E-state index contributed by atoms with van der Waals surface area (Å²) < 4.78 is 18.6. The van der Waals surface area contributed by atoms with Gasteiger partial charge in [-0.1, -0.05) is 0 Å². The number of anilines is 2. The van der Waals surface area contributed by atoms with Gasteiger partial charge < -0.3 is 15.8 Å². The number of ether oxygens (including phenoxy) is 1. The monoisotopic (exact) mass is 253 g/mol. The Balaban J connectivity index is 1.92. The predicted molar refractivity (Wildman–Crippen MR) is 66.7 cm³/mol. The number of carbonyl (C=O) groups is 1. The van der Waals surface area contributed by atoms with E-state index in [4.69, 9.17) is 10.5 Å². The molecule has 2 rings (SSSR count). The van der Waals surface area contributed by atoms with E-state index in [0.29, 0.717) is 32.0 Å². The molecule has 0 radical (unpaired) electrons. The van der Waals surface area contributed by atoms with Crippen molar-refractivity contribution in [2.24, 2.45) is 0 Å². The fourth-order valence-electron chi connectivity index (χ4n) is 1.79. The largest absolute Gasteiger partial charge is 0.399 e. The first-order valence-electron chi connectivity index (χ1n) is 5.80. The number of nitrogen functional groups attached to an aromatic ring is 1. The van der Waals surface area contributed by atoms with Crippen LogP contribution < -0.4 is 11.1 Å². The van der Waals surface area contributed by atoms with E-state index in [0.717, 1.165) is 0 Å². The Hall–Kier alpha value is -1.66. The maximum absolute atomic E-state index is 13.4. The molecule has 3 N–H and O–H groups in total. The molecule has 98 valence electrons. The summed E-state index contributed by atoms with van der Waals surface area (Å²) in [6.07, 6.45) is 0. The molecule has 0 bridgehead atoms. The quantitative estimate of drug-likeness (QED) is 0.777. The maximum Gasteiger partial charge on any atom is 0.238 e. The van der Waals surface area contributed by atoms with Crippen LogP contribution in [0.25, 0.3) is 0 Å². The van der Waals surface area contributed by atoms with Crippen molar-refractivity contribution in [1.29, 1.82) is 0 Å². The number of morpholine rings is 1. The van der Waals surface area contributed by atoms with Crippen molar-refractivity contribution in [2.75, 3.05) is 43.9 Å². The number of hydrogen-bond acceptors (Lipinski definition) is 4. The molecule has 0 saturated carbocycles. The highest BCUT2D eigenvalue weighted by Gasteiger charge is 2.15. The van der Waals surface area contributed by atoms with Crippen molar-refractivity contribution in [2.45, 2.75) is 0 Å². The SMILES string of the molecule is Nc1ccc(F)c(NC(=O)CN2CCOCC2)c1. The zero-order chi connectivity index (χ0) is 13.0. The second-order valence-corrected chi connectivity index (χ2v) is 4.18.